The van der Waals surface area contributed by atoms with Crippen LogP contribution in [0.1, 0.15) is 29.5 Å². The maximum Gasteiger partial charge on any atom is 0.410 e. The molecule has 1 heterocycles. The normalized spacial score (nSPS) is 14.2. The van der Waals surface area contributed by atoms with Crippen molar-refractivity contribution in [3.05, 3.63) is 126 Å². The van der Waals surface area contributed by atoms with E-state index in [2.05, 4.69) is 10.0 Å². The van der Waals surface area contributed by atoms with Crippen molar-refractivity contribution in [3.8, 4) is 5.75 Å². The number of piperidine rings is 1. The molecule has 0 unspecified atom stereocenters. The molecule has 1 atom stereocenters. The molecule has 244 valence electrons. The summed E-state index contributed by atoms with van der Waals surface area (Å²) >= 11 is 0. The van der Waals surface area contributed by atoms with E-state index < -0.39 is 22.0 Å². The Kier molecular flexibility index (Phi) is 10.9. The predicted molar refractivity (Wildman–Crippen MR) is 179 cm³/mol. The predicted octanol–water partition coefficient (Wildman–Crippen LogP) is 4.68. The molecular formula is C35H37N5O6S. The van der Waals surface area contributed by atoms with Crippen molar-refractivity contribution in [3.63, 3.8) is 0 Å². The van der Waals surface area contributed by atoms with Gasteiger partial charge < -0.3 is 25.4 Å². The van der Waals surface area contributed by atoms with Crippen LogP contribution in [-0.2, 0) is 32.6 Å². The van der Waals surface area contributed by atoms with E-state index in [-0.39, 0.29) is 36.0 Å². The van der Waals surface area contributed by atoms with Gasteiger partial charge in [-0.15, -0.1) is 0 Å². The zero-order valence-corrected chi connectivity index (χ0v) is 26.5. The minimum absolute atomic E-state index is 0.0376. The number of anilines is 1. The summed E-state index contributed by atoms with van der Waals surface area (Å²) < 4.78 is 40.5. The number of nitrogens with two attached hydrogens (primary N) is 1. The largest absolute Gasteiger partial charge is 0.490 e. The second-order valence-electron chi connectivity index (χ2n) is 11.2. The average Bonchev–Trinajstić information content (AvgIpc) is 3.09. The first kappa shape index (κ1) is 33.2. The van der Waals surface area contributed by atoms with Crippen LogP contribution in [0.2, 0.25) is 0 Å². The Morgan fingerprint density at radius 2 is 1.53 bits per heavy atom. The molecule has 47 heavy (non-hydrogen) atoms. The minimum atomic E-state index is -4.02. The van der Waals surface area contributed by atoms with Gasteiger partial charge in [-0.25, -0.2) is 13.2 Å². The van der Waals surface area contributed by atoms with Gasteiger partial charge in [-0.1, -0.05) is 72.8 Å². The van der Waals surface area contributed by atoms with Crippen molar-refractivity contribution >= 4 is 33.5 Å². The molecule has 0 aliphatic carbocycles. The summed E-state index contributed by atoms with van der Waals surface area (Å²) in [4.78, 5) is 27.7. The summed E-state index contributed by atoms with van der Waals surface area (Å²) in [6.45, 7) is 1.26. The second-order valence-corrected chi connectivity index (χ2v) is 12.9. The molecule has 0 bridgehead atoms. The molecule has 0 aromatic heterocycles. The summed E-state index contributed by atoms with van der Waals surface area (Å²) in [6.07, 6.45) is 0.937. The topological polar surface area (TPSA) is 164 Å². The molecule has 5 N–H and O–H groups in total. The lowest BCUT2D eigenvalue weighted by molar-refractivity contribution is -0.117. The number of hydrogen-bond donors (Lipinski definition) is 4. The van der Waals surface area contributed by atoms with E-state index in [4.69, 9.17) is 20.6 Å². The van der Waals surface area contributed by atoms with Crippen LogP contribution in [0.5, 0.6) is 5.75 Å². The number of sulfonamides is 1. The Morgan fingerprint density at radius 1 is 0.872 bits per heavy atom. The molecule has 1 aliphatic heterocycles. The molecule has 1 aliphatic rings. The van der Waals surface area contributed by atoms with E-state index in [0.717, 1.165) is 5.56 Å². The second kappa shape index (κ2) is 15.4. The molecular weight excluding hydrogens is 618 g/mol. The van der Waals surface area contributed by atoms with Gasteiger partial charge in [0.1, 0.15) is 30.3 Å². The number of carbonyl (C=O) groups excluding carboxylic acids is 2. The quantitative estimate of drug-likeness (QED) is 0.127. The lowest BCUT2D eigenvalue weighted by Crippen LogP contribution is -2.45. The highest BCUT2D eigenvalue weighted by Crippen LogP contribution is 2.22. The van der Waals surface area contributed by atoms with E-state index >= 15 is 0 Å². The van der Waals surface area contributed by atoms with Crippen LogP contribution in [-0.4, -0.2) is 56.4 Å². The van der Waals surface area contributed by atoms with Gasteiger partial charge in [-0.3, -0.25) is 10.2 Å². The molecule has 1 fully saturated rings. The molecule has 1 saturated heterocycles. The number of rotatable bonds is 12. The molecule has 0 spiro atoms. The maximum atomic E-state index is 13.4. The van der Waals surface area contributed by atoms with Crippen LogP contribution in [0.3, 0.4) is 0 Å². The van der Waals surface area contributed by atoms with Gasteiger partial charge in [0.05, 0.1) is 4.90 Å². The highest BCUT2D eigenvalue weighted by atomic mass is 32.2. The Balaban J connectivity index is 1.19. The monoisotopic (exact) mass is 655 g/mol. The summed E-state index contributed by atoms with van der Waals surface area (Å²) in [6, 6.07) is 29.8. The first-order valence-corrected chi connectivity index (χ1v) is 16.7. The number of nitrogen functional groups attached to an aromatic ring is 1. The molecule has 11 nitrogen and oxygen atoms in total. The van der Waals surface area contributed by atoms with Gasteiger partial charge in [0.2, 0.25) is 15.9 Å². The van der Waals surface area contributed by atoms with Crippen LogP contribution in [0.15, 0.2) is 114 Å². The van der Waals surface area contributed by atoms with E-state index in [1.807, 2.05) is 30.3 Å². The summed E-state index contributed by atoms with van der Waals surface area (Å²) in [5.41, 5.74) is 8.04. The fraction of sp³-hybridized carbons (Fsp3) is 0.229. The number of nitrogens with one attached hydrogen (secondary N) is 3. The SMILES string of the molecule is N=C(N)c1cccc(NC(=O)[C@H](Cc2ccc(OC3CCN(C(=O)OCc4ccccc4)CC3)cc2)NS(=O)(=O)c2ccccc2)c1. The molecule has 5 rings (SSSR count). The lowest BCUT2D eigenvalue weighted by Gasteiger charge is -2.31. The number of amidine groups is 1. The molecule has 0 radical (unpaired) electrons. The highest BCUT2D eigenvalue weighted by Gasteiger charge is 2.27. The van der Waals surface area contributed by atoms with Gasteiger partial charge in [0, 0.05) is 37.2 Å². The Labute approximate surface area is 274 Å². The van der Waals surface area contributed by atoms with E-state index in [9.17, 15) is 18.0 Å². The van der Waals surface area contributed by atoms with Crippen molar-refractivity contribution in [2.24, 2.45) is 5.73 Å². The minimum Gasteiger partial charge on any atom is -0.490 e. The number of hydrogen-bond acceptors (Lipinski definition) is 7. The Hall–Kier alpha value is -5.20. The van der Waals surface area contributed by atoms with Gasteiger partial charge in [-0.05, 0) is 53.9 Å². The number of ether oxygens (including phenoxy) is 2. The van der Waals surface area contributed by atoms with Crippen LogP contribution in [0.4, 0.5) is 10.5 Å². The van der Waals surface area contributed by atoms with Crippen molar-refractivity contribution < 1.29 is 27.5 Å². The van der Waals surface area contributed by atoms with Gasteiger partial charge >= 0.3 is 6.09 Å². The summed E-state index contributed by atoms with van der Waals surface area (Å²) in [5.74, 6) is -0.0954. The average molecular weight is 656 g/mol. The van der Waals surface area contributed by atoms with Crippen molar-refractivity contribution in [1.82, 2.24) is 9.62 Å². The van der Waals surface area contributed by atoms with Crippen LogP contribution in [0.25, 0.3) is 0 Å². The lowest BCUT2D eigenvalue weighted by atomic mass is 10.1. The number of likely N-dealkylation sites (tertiary alicyclic amines) is 1. The van der Waals surface area contributed by atoms with Crippen molar-refractivity contribution in [2.45, 2.75) is 42.9 Å². The van der Waals surface area contributed by atoms with Gasteiger partial charge in [0.15, 0.2) is 0 Å². The fourth-order valence-electron chi connectivity index (χ4n) is 5.14. The molecule has 12 heteroatoms. The number of benzene rings is 4. The third-order valence-electron chi connectivity index (χ3n) is 7.68. The van der Waals surface area contributed by atoms with Crippen molar-refractivity contribution in [2.75, 3.05) is 18.4 Å². The van der Waals surface area contributed by atoms with Crippen LogP contribution >= 0.6 is 0 Å². The van der Waals surface area contributed by atoms with Gasteiger partial charge in [-0.2, -0.15) is 4.72 Å². The smallest absolute Gasteiger partial charge is 0.410 e. The molecule has 0 saturated carbocycles. The molecule has 4 aromatic carbocycles. The number of amides is 2. The summed E-state index contributed by atoms with van der Waals surface area (Å²) in [7, 11) is -4.02. The van der Waals surface area contributed by atoms with E-state index in [0.29, 0.717) is 48.5 Å². The molecule has 2 amide bonds. The first-order valence-electron chi connectivity index (χ1n) is 15.2. The third kappa shape index (κ3) is 9.41. The third-order valence-corrected chi connectivity index (χ3v) is 9.17. The van der Waals surface area contributed by atoms with E-state index in [1.54, 1.807) is 71.6 Å². The van der Waals surface area contributed by atoms with Crippen LogP contribution < -0.4 is 20.5 Å². The zero-order valence-electron chi connectivity index (χ0n) is 25.7. The Bertz CT molecular complexity index is 1780. The maximum absolute atomic E-state index is 13.4. The fourth-order valence-corrected chi connectivity index (χ4v) is 6.35. The first-order chi connectivity index (χ1) is 22.7. The number of nitrogens with zero attached hydrogens (tertiary/aromatic N) is 1. The van der Waals surface area contributed by atoms with E-state index in [1.165, 1.54) is 12.1 Å². The zero-order chi connectivity index (χ0) is 33.2. The van der Waals surface area contributed by atoms with Gasteiger partial charge in [0.25, 0.3) is 0 Å². The van der Waals surface area contributed by atoms with Crippen molar-refractivity contribution in [1.29, 1.82) is 5.41 Å². The molecule has 4 aromatic rings. The highest BCUT2D eigenvalue weighted by molar-refractivity contribution is 7.89. The summed E-state index contributed by atoms with van der Waals surface area (Å²) in [5, 5.41) is 10.4. The Morgan fingerprint density at radius 3 is 2.19 bits per heavy atom. The standard InChI is InChI=1S/C35H37N5O6S/c36-33(37)27-10-7-11-28(23-27)38-34(41)32(39-47(43,44)31-12-5-2-6-13-31)22-25-14-16-29(17-15-25)46-30-18-20-40(21-19-30)35(42)45-24-26-8-3-1-4-9-26/h1-17,23,30,32,39H,18-22,24H2,(H3,36,37)(H,38,41)/t32-/m0/s1. The number of carbonyl (C=O) groups is 2. The van der Waals surface area contributed by atoms with Crippen LogP contribution in [0, 0.1) is 5.41 Å².